The van der Waals surface area contributed by atoms with E-state index in [1.165, 1.54) is 11.8 Å². The van der Waals surface area contributed by atoms with E-state index in [4.69, 9.17) is 5.26 Å². The second-order valence-corrected chi connectivity index (χ2v) is 5.41. The zero-order chi connectivity index (χ0) is 16.3. The van der Waals surface area contributed by atoms with Crippen LogP contribution >= 0.6 is 0 Å². The smallest absolute Gasteiger partial charge is 0.380 e. The van der Waals surface area contributed by atoms with Crippen molar-refractivity contribution in [2.45, 2.75) is 25.6 Å². The van der Waals surface area contributed by atoms with E-state index in [-0.39, 0.29) is 18.4 Å². The number of carbonyl (C=O) groups is 1. The minimum Gasteiger partial charge on any atom is -0.380 e. The van der Waals surface area contributed by atoms with Crippen LogP contribution in [0.4, 0.5) is 18.9 Å². The Morgan fingerprint density at radius 1 is 1.50 bits per heavy atom. The Balaban J connectivity index is 2.07. The summed E-state index contributed by atoms with van der Waals surface area (Å²) in [6, 6.07) is 6.53. The second-order valence-electron chi connectivity index (χ2n) is 5.41. The Morgan fingerprint density at radius 3 is 2.82 bits per heavy atom. The first-order valence-electron chi connectivity index (χ1n) is 6.89. The third-order valence-electron chi connectivity index (χ3n) is 3.58. The molecule has 1 atom stereocenters. The highest BCUT2D eigenvalue weighted by molar-refractivity contribution is 5.95. The molecule has 1 fully saturated rings. The van der Waals surface area contributed by atoms with E-state index in [2.05, 4.69) is 5.32 Å². The summed E-state index contributed by atoms with van der Waals surface area (Å²) in [6.07, 6.45) is -3.65. The molecular formula is C15H16F3N3O. The van der Waals surface area contributed by atoms with Gasteiger partial charge in [-0.3, -0.25) is 9.69 Å². The number of likely N-dealkylation sites (tertiary alicyclic amines) is 1. The predicted molar refractivity (Wildman–Crippen MR) is 75.7 cm³/mol. The summed E-state index contributed by atoms with van der Waals surface area (Å²) in [5, 5.41) is 12.2. The normalized spacial score (nSPS) is 19.0. The molecular weight excluding hydrogens is 295 g/mol. The highest BCUT2D eigenvalue weighted by atomic mass is 19.4. The van der Waals surface area contributed by atoms with E-state index in [1.54, 1.807) is 18.2 Å². The maximum absolute atomic E-state index is 12.4. The number of ketones is 1. The van der Waals surface area contributed by atoms with Gasteiger partial charge in [-0.1, -0.05) is 0 Å². The average molecular weight is 311 g/mol. The van der Waals surface area contributed by atoms with Gasteiger partial charge in [-0.05, 0) is 31.5 Å². The van der Waals surface area contributed by atoms with Gasteiger partial charge in [0.25, 0.3) is 0 Å². The van der Waals surface area contributed by atoms with E-state index in [0.29, 0.717) is 29.8 Å². The Morgan fingerprint density at radius 2 is 2.23 bits per heavy atom. The summed E-state index contributed by atoms with van der Waals surface area (Å²) >= 11 is 0. The number of rotatable bonds is 4. The fourth-order valence-corrected chi connectivity index (χ4v) is 2.55. The fourth-order valence-electron chi connectivity index (χ4n) is 2.55. The second kappa shape index (κ2) is 6.36. The van der Waals surface area contributed by atoms with Gasteiger partial charge in [0.05, 0.1) is 17.8 Å². The van der Waals surface area contributed by atoms with Crippen LogP contribution in [-0.2, 0) is 0 Å². The van der Waals surface area contributed by atoms with Crippen molar-refractivity contribution >= 4 is 11.5 Å². The van der Waals surface area contributed by atoms with Crippen LogP contribution in [0.15, 0.2) is 18.2 Å². The van der Waals surface area contributed by atoms with Crippen LogP contribution in [0.2, 0.25) is 0 Å². The topological polar surface area (TPSA) is 56.1 Å². The van der Waals surface area contributed by atoms with Gasteiger partial charge >= 0.3 is 6.18 Å². The number of nitrogens with one attached hydrogen (secondary N) is 1. The Labute approximate surface area is 126 Å². The lowest BCUT2D eigenvalue weighted by molar-refractivity contribution is -0.143. The molecule has 1 saturated heterocycles. The SMILES string of the molecule is CC(=O)c1ccc(C#N)c(NC2CCN(CC(F)(F)F)C2)c1. The number of alkyl halides is 3. The number of anilines is 1. The molecule has 1 aromatic rings. The summed E-state index contributed by atoms with van der Waals surface area (Å²) in [5.41, 5.74) is 1.33. The lowest BCUT2D eigenvalue weighted by Gasteiger charge is -2.19. The van der Waals surface area contributed by atoms with Crippen LogP contribution in [-0.4, -0.2) is 42.5 Å². The van der Waals surface area contributed by atoms with Crippen molar-refractivity contribution in [2.24, 2.45) is 0 Å². The molecule has 22 heavy (non-hydrogen) atoms. The summed E-state index contributed by atoms with van der Waals surface area (Å²) in [7, 11) is 0. The lowest BCUT2D eigenvalue weighted by atomic mass is 10.1. The van der Waals surface area contributed by atoms with Crippen LogP contribution < -0.4 is 5.32 Å². The number of hydrogen-bond acceptors (Lipinski definition) is 4. The monoisotopic (exact) mass is 311 g/mol. The number of nitrogens with zero attached hydrogens (tertiary/aromatic N) is 2. The molecule has 1 N–H and O–H groups in total. The van der Waals surface area contributed by atoms with Gasteiger partial charge in [-0.25, -0.2) is 0 Å². The third kappa shape index (κ3) is 4.21. The first kappa shape index (κ1) is 16.3. The highest BCUT2D eigenvalue weighted by Crippen LogP contribution is 2.24. The summed E-state index contributed by atoms with van der Waals surface area (Å²) in [6.45, 7) is 1.11. The summed E-state index contributed by atoms with van der Waals surface area (Å²) < 4.78 is 37.1. The molecule has 1 aromatic carbocycles. The van der Waals surface area contributed by atoms with E-state index in [1.807, 2.05) is 6.07 Å². The summed E-state index contributed by atoms with van der Waals surface area (Å²) in [5.74, 6) is -0.127. The molecule has 2 rings (SSSR count). The van der Waals surface area contributed by atoms with Crippen molar-refractivity contribution in [1.29, 1.82) is 5.26 Å². The molecule has 7 heteroatoms. The van der Waals surface area contributed by atoms with Crippen molar-refractivity contribution < 1.29 is 18.0 Å². The zero-order valence-electron chi connectivity index (χ0n) is 12.1. The third-order valence-corrected chi connectivity index (χ3v) is 3.58. The minimum atomic E-state index is -4.21. The van der Waals surface area contributed by atoms with Crippen LogP contribution in [0.25, 0.3) is 0 Å². The summed E-state index contributed by atoms with van der Waals surface area (Å²) in [4.78, 5) is 12.7. The number of hydrogen-bond donors (Lipinski definition) is 1. The predicted octanol–water partition coefficient (Wildman–Crippen LogP) is 2.81. The molecule has 1 aliphatic rings. The van der Waals surface area contributed by atoms with Gasteiger partial charge in [0.2, 0.25) is 0 Å². The maximum Gasteiger partial charge on any atom is 0.401 e. The van der Waals surface area contributed by atoms with Crippen LogP contribution in [0.3, 0.4) is 0 Å². The van der Waals surface area contributed by atoms with Gasteiger partial charge in [0.15, 0.2) is 5.78 Å². The van der Waals surface area contributed by atoms with E-state index in [9.17, 15) is 18.0 Å². The first-order chi connectivity index (χ1) is 10.3. The van der Waals surface area contributed by atoms with Gasteiger partial charge in [-0.15, -0.1) is 0 Å². The Hall–Kier alpha value is -2.07. The van der Waals surface area contributed by atoms with Crippen LogP contribution in [0, 0.1) is 11.3 Å². The molecule has 1 unspecified atom stereocenters. The van der Waals surface area contributed by atoms with E-state index in [0.717, 1.165) is 0 Å². The zero-order valence-corrected chi connectivity index (χ0v) is 12.1. The van der Waals surface area contributed by atoms with Crippen LogP contribution in [0.1, 0.15) is 29.3 Å². The molecule has 0 radical (unpaired) electrons. The number of halogens is 3. The molecule has 0 aliphatic carbocycles. The van der Waals surface area contributed by atoms with Crippen molar-refractivity contribution in [1.82, 2.24) is 4.90 Å². The van der Waals surface area contributed by atoms with Crippen molar-refractivity contribution in [3.8, 4) is 6.07 Å². The number of carbonyl (C=O) groups excluding carboxylic acids is 1. The maximum atomic E-state index is 12.4. The first-order valence-corrected chi connectivity index (χ1v) is 6.89. The molecule has 4 nitrogen and oxygen atoms in total. The lowest BCUT2D eigenvalue weighted by Crippen LogP contribution is -2.34. The van der Waals surface area contributed by atoms with Crippen molar-refractivity contribution in [3.63, 3.8) is 0 Å². The van der Waals surface area contributed by atoms with Gasteiger partial charge in [-0.2, -0.15) is 18.4 Å². The molecule has 118 valence electrons. The molecule has 1 aliphatic heterocycles. The average Bonchev–Trinajstić information content (AvgIpc) is 2.83. The number of Topliss-reactive ketones (excluding diaryl/α,β-unsaturated/α-hetero) is 1. The Kier molecular flexibility index (Phi) is 4.71. The molecule has 0 spiro atoms. The highest BCUT2D eigenvalue weighted by Gasteiger charge is 2.34. The molecule has 0 aromatic heterocycles. The standard InChI is InChI=1S/C15H16F3N3O/c1-10(22)11-2-3-12(7-19)14(6-11)20-13-4-5-21(8-13)9-15(16,17)18/h2-3,6,13,20H,4-5,8-9H2,1H3. The number of nitriles is 1. The van der Waals surface area contributed by atoms with E-state index >= 15 is 0 Å². The molecule has 0 amide bonds. The Bertz CT molecular complexity index is 607. The largest absolute Gasteiger partial charge is 0.401 e. The van der Waals surface area contributed by atoms with Crippen molar-refractivity contribution in [3.05, 3.63) is 29.3 Å². The molecule has 0 bridgehead atoms. The minimum absolute atomic E-state index is 0.127. The van der Waals surface area contributed by atoms with Gasteiger partial charge < -0.3 is 5.32 Å². The molecule has 1 heterocycles. The van der Waals surface area contributed by atoms with Crippen LogP contribution in [0.5, 0.6) is 0 Å². The van der Waals surface area contributed by atoms with Gasteiger partial charge in [0, 0.05) is 24.7 Å². The number of benzene rings is 1. The molecule has 0 saturated carbocycles. The van der Waals surface area contributed by atoms with E-state index < -0.39 is 12.7 Å². The van der Waals surface area contributed by atoms with Gasteiger partial charge in [0.1, 0.15) is 6.07 Å². The van der Waals surface area contributed by atoms with Crippen molar-refractivity contribution in [2.75, 3.05) is 25.0 Å². The quantitative estimate of drug-likeness (QED) is 0.869. The fraction of sp³-hybridized carbons (Fsp3) is 0.467.